The van der Waals surface area contributed by atoms with Crippen molar-refractivity contribution >= 4 is 5.69 Å². The largest absolute Gasteiger partial charge is 0.396 e. The molecule has 5 nitrogen and oxygen atoms in total. The fraction of sp³-hybridized carbons (Fsp3) is 0.500. The van der Waals surface area contributed by atoms with E-state index in [1.807, 2.05) is 27.9 Å². The van der Waals surface area contributed by atoms with Crippen LogP contribution in [0.15, 0.2) is 22.7 Å². The van der Waals surface area contributed by atoms with E-state index >= 15 is 0 Å². The molecule has 3 rings (SSSR count). The van der Waals surface area contributed by atoms with E-state index in [-0.39, 0.29) is 18.3 Å². The molecule has 1 aromatic carbocycles. The van der Waals surface area contributed by atoms with Crippen molar-refractivity contribution in [1.29, 1.82) is 0 Å². The van der Waals surface area contributed by atoms with Gasteiger partial charge in [-0.2, -0.15) is 0 Å². The van der Waals surface area contributed by atoms with E-state index in [4.69, 9.17) is 4.52 Å². The maximum absolute atomic E-state index is 13.8. The SMILES string of the molecule is CCc1noc(C)c1C1(CN(C)C)Nc2ccc(F)cc2C1CO. The summed E-state index contributed by atoms with van der Waals surface area (Å²) < 4.78 is 19.3. The van der Waals surface area contributed by atoms with E-state index in [0.29, 0.717) is 6.54 Å². The number of aliphatic hydroxyl groups excluding tert-OH is 1. The molecule has 2 atom stereocenters. The lowest BCUT2D eigenvalue weighted by molar-refractivity contribution is 0.192. The molecule has 130 valence electrons. The van der Waals surface area contributed by atoms with Gasteiger partial charge in [0.1, 0.15) is 11.6 Å². The number of aryl methyl sites for hydroxylation is 2. The van der Waals surface area contributed by atoms with Gasteiger partial charge in [0.15, 0.2) is 0 Å². The Labute approximate surface area is 141 Å². The molecular formula is C18H24FN3O2. The summed E-state index contributed by atoms with van der Waals surface area (Å²) in [6.07, 6.45) is 0.729. The summed E-state index contributed by atoms with van der Waals surface area (Å²) in [5.41, 5.74) is 2.87. The number of fused-ring (bicyclic) bond motifs is 1. The maximum Gasteiger partial charge on any atom is 0.139 e. The van der Waals surface area contributed by atoms with Crippen molar-refractivity contribution in [3.05, 3.63) is 46.6 Å². The minimum Gasteiger partial charge on any atom is -0.396 e. The second-order valence-electron chi connectivity index (χ2n) is 6.71. The molecule has 0 bridgehead atoms. The van der Waals surface area contributed by atoms with Gasteiger partial charge in [-0.3, -0.25) is 0 Å². The van der Waals surface area contributed by atoms with Gasteiger partial charge < -0.3 is 19.8 Å². The first-order chi connectivity index (χ1) is 11.4. The molecule has 2 aromatic rings. The zero-order valence-corrected chi connectivity index (χ0v) is 14.6. The Bertz CT molecular complexity index is 744. The van der Waals surface area contributed by atoms with Gasteiger partial charge in [0.2, 0.25) is 0 Å². The Morgan fingerprint density at radius 1 is 1.42 bits per heavy atom. The number of aliphatic hydroxyl groups is 1. The number of nitrogens with zero attached hydrogens (tertiary/aromatic N) is 2. The first kappa shape index (κ1) is 16.9. The highest BCUT2D eigenvalue weighted by atomic mass is 19.1. The van der Waals surface area contributed by atoms with E-state index in [2.05, 4.69) is 15.4 Å². The number of halogens is 1. The van der Waals surface area contributed by atoms with Crippen molar-refractivity contribution in [3.8, 4) is 0 Å². The summed E-state index contributed by atoms with van der Waals surface area (Å²) in [6.45, 7) is 4.45. The molecule has 0 saturated carbocycles. The summed E-state index contributed by atoms with van der Waals surface area (Å²) in [5, 5.41) is 17.9. The predicted molar refractivity (Wildman–Crippen MR) is 90.7 cm³/mol. The smallest absolute Gasteiger partial charge is 0.139 e. The van der Waals surface area contributed by atoms with E-state index in [0.717, 1.165) is 34.7 Å². The van der Waals surface area contributed by atoms with Gasteiger partial charge in [-0.1, -0.05) is 12.1 Å². The molecule has 24 heavy (non-hydrogen) atoms. The second-order valence-corrected chi connectivity index (χ2v) is 6.71. The highest BCUT2D eigenvalue weighted by Gasteiger charge is 2.50. The number of anilines is 1. The van der Waals surface area contributed by atoms with Gasteiger partial charge in [0.25, 0.3) is 0 Å². The molecule has 2 N–H and O–H groups in total. The van der Waals surface area contributed by atoms with Crippen molar-refractivity contribution in [3.63, 3.8) is 0 Å². The molecular weight excluding hydrogens is 309 g/mol. The van der Waals surface area contributed by atoms with Crippen LogP contribution in [0, 0.1) is 12.7 Å². The van der Waals surface area contributed by atoms with Crippen molar-refractivity contribution in [1.82, 2.24) is 10.1 Å². The van der Waals surface area contributed by atoms with Gasteiger partial charge in [-0.15, -0.1) is 0 Å². The van der Waals surface area contributed by atoms with E-state index in [1.54, 1.807) is 6.07 Å². The van der Waals surface area contributed by atoms with Crippen LogP contribution in [0.5, 0.6) is 0 Å². The monoisotopic (exact) mass is 333 g/mol. The standard InChI is InChI=1S/C18H24FN3O2/c1-5-15-17(11(2)24-21-15)18(10-22(3)4)14(9-23)13-8-12(19)6-7-16(13)20-18/h6-8,14,20,23H,5,9-10H2,1-4H3. The minimum absolute atomic E-state index is 0.0922. The number of rotatable bonds is 5. The van der Waals surface area contributed by atoms with Crippen molar-refractivity contribution in [2.75, 3.05) is 32.6 Å². The molecule has 2 heterocycles. The molecule has 6 heteroatoms. The topological polar surface area (TPSA) is 61.5 Å². The highest BCUT2D eigenvalue weighted by molar-refractivity contribution is 5.65. The normalized spacial score (nSPS) is 22.7. The van der Waals surface area contributed by atoms with Crippen LogP contribution in [0.3, 0.4) is 0 Å². The number of nitrogens with one attached hydrogen (secondary N) is 1. The Hall–Kier alpha value is -1.92. The molecule has 2 unspecified atom stereocenters. The Morgan fingerprint density at radius 2 is 2.17 bits per heavy atom. The molecule has 1 aromatic heterocycles. The molecule has 1 aliphatic rings. The van der Waals surface area contributed by atoms with Crippen LogP contribution in [0.2, 0.25) is 0 Å². The number of hydrogen-bond donors (Lipinski definition) is 2. The number of aromatic nitrogens is 1. The fourth-order valence-electron chi connectivity index (χ4n) is 3.98. The number of hydrogen-bond acceptors (Lipinski definition) is 5. The zero-order valence-electron chi connectivity index (χ0n) is 14.6. The lowest BCUT2D eigenvalue weighted by Gasteiger charge is -2.38. The van der Waals surface area contributed by atoms with Crippen molar-refractivity contribution < 1.29 is 14.0 Å². The number of benzene rings is 1. The van der Waals surface area contributed by atoms with Crippen LogP contribution < -0.4 is 5.32 Å². The molecule has 0 spiro atoms. The van der Waals surface area contributed by atoms with Gasteiger partial charge in [-0.05, 0) is 51.2 Å². The van der Waals surface area contributed by atoms with Crippen molar-refractivity contribution in [2.24, 2.45) is 0 Å². The summed E-state index contributed by atoms with van der Waals surface area (Å²) >= 11 is 0. The molecule has 1 aliphatic heterocycles. The van der Waals surface area contributed by atoms with Crippen molar-refractivity contribution in [2.45, 2.75) is 31.7 Å². The third-order valence-electron chi connectivity index (χ3n) is 4.80. The lowest BCUT2D eigenvalue weighted by atomic mass is 9.76. The van der Waals surface area contributed by atoms with E-state index in [9.17, 15) is 9.50 Å². The Kier molecular flexibility index (Phi) is 4.36. The Morgan fingerprint density at radius 3 is 2.79 bits per heavy atom. The number of likely N-dealkylation sites (N-methyl/N-ethyl adjacent to an activating group) is 1. The third-order valence-corrected chi connectivity index (χ3v) is 4.80. The lowest BCUT2D eigenvalue weighted by Crippen LogP contribution is -2.47. The van der Waals surface area contributed by atoms with Crippen LogP contribution >= 0.6 is 0 Å². The summed E-state index contributed by atoms with van der Waals surface area (Å²) in [4.78, 5) is 2.06. The first-order valence-electron chi connectivity index (χ1n) is 8.21. The summed E-state index contributed by atoms with van der Waals surface area (Å²) in [7, 11) is 3.96. The Balaban J connectivity index is 2.22. The molecule has 0 aliphatic carbocycles. The third kappa shape index (κ3) is 2.50. The van der Waals surface area contributed by atoms with Crippen LogP contribution in [-0.2, 0) is 12.0 Å². The second kappa shape index (κ2) is 6.18. The van der Waals surface area contributed by atoms with E-state index < -0.39 is 5.54 Å². The van der Waals surface area contributed by atoms with Gasteiger partial charge >= 0.3 is 0 Å². The van der Waals surface area contributed by atoms with Crippen LogP contribution in [0.25, 0.3) is 0 Å². The molecule has 0 radical (unpaired) electrons. The van der Waals surface area contributed by atoms with Crippen LogP contribution in [0.1, 0.15) is 35.4 Å². The minimum atomic E-state index is -0.607. The average Bonchev–Trinajstić information content (AvgIpc) is 3.04. The molecule has 0 amide bonds. The van der Waals surface area contributed by atoms with Gasteiger partial charge in [-0.25, -0.2) is 4.39 Å². The van der Waals surface area contributed by atoms with Gasteiger partial charge in [0.05, 0.1) is 17.8 Å². The average molecular weight is 333 g/mol. The quantitative estimate of drug-likeness (QED) is 0.881. The fourth-order valence-corrected chi connectivity index (χ4v) is 3.98. The molecule has 0 fully saturated rings. The van der Waals surface area contributed by atoms with Gasteiger partial charge in [0, 0.05) is 23.7 Å². The summed E-state index contributed by atoms with van der Waals surface area (Å²) in [5.74, 6) is 0.148. The zero-order chi connectivity index (χ0) is 17.5. The molecule has 0 saturated heterocycles. The first-order valence-corrected chi connectivity index (χ1v) is 8.21. The summed E-state index contributed by atoms with van der Waals surface area (Å²) in [6, 6.07) is 4.68. The highest BCUT2D eigenvalue weighted by Crippen LogP contribution is 2.50. The van der Waals surface area contributed by atoms with Crippen LogP contribution in [-0.4, -0.2) is 42.4 Å². The predicted octanol–water partition coefficient (Wildman–Crippen LogP) is 2.64. The van der Waals surface area contributed by atoms with E-state index in [1.165, 1.54) is 12.1 Å². The van der Waals surface area contributed by atoms with Crippen LogP contribution in [0.4, 0.5) is 10.1 Å². The maximum atomic E-state index is 13.8.